The summed E-state index contributed by atoms with van der Waals surface area (Å²) in [7, 11) is 0. The molecular weight excluding hydrogens is 196 g/mol. The van der Waals surface area contributed by atoms with E-state index in [4.69, 9.17) is 0 Å². The number of hydrogen-bond donors (Lipinski definition) is 0. The van der Waals surface area contributed by atoms with E-state index in [1.54, 1.807) is 0 Å². The summed E-state index contributed by atoms with van der Waals surface area (Å²) in [6.07, 6.45) is 10.2. The van der Waals surface area contributed by atoms with Crippen LogP contribution in [-0.2, 0) is 4.79 Å². The Labute approximate surface area is 99.0 Å². The Kier molecular flexibility index (Phi) is 2.81. The molecule has 90 valence electrons. The zero-order valence-electron chi connectivity index (χ0n) is 10.5. The molecule has 0 amide bonds. The van der Waals surface area contributed by atoms with Gasteiger partial charge in [-0.15, -0.1) is 0 Å². The van der Waals surface area contributed by atoms with E-state index in [1.807, 2.05) is 0 Å². The van der Waals surface area contributed by atoms with Gasteiger partial charge in [0.25, 0.3) is 0 Å². The van der Waals surface area contributed by atoms with Crippen LogP contribution in [0.1, 0.15) is 58.3 Å². The molecule has 1 heteroatoms. The second-order valence-corrected chi connectivity index (χ2v) is 6.53. The van der Waals surface area contributed by atoms with Crippen LogP contribution in [-0.4, -0.2) is 5.78 Å². The predicted molar refractivity (Wildman–Crippen MR) is 65.1 cm³/mol. The van der Waals surface area contributed by atoms with Crippen molar-refractivity contribution >= 4 is 5.78 Å². The average Bonchev–Trinajstić information content (AvgIpc) is 2.24. The summed E-state index contributed by atoms with van der Waals surface area (Å²) in [6.45, 7) is 2.18. The summed E-state index contributed by atoms with van der Waals surface area (Å²) >= 11 is 0. The number of unbranched alkanes of at least 4 members (excludes halogenated alkanes) is 1. The Bertz CT molecular complexity index is 253. The Morgan fingerprint density at radius 2 is 1.56 bits per heavy atom. The Morgan fingerprint density at radius 1 is 1.00 bits per heavy atom. The van der Waals surface area contributed by atoms with Crippen LogP contribution < -0.4 is 0 Å². The van der Waals surface area contributed by atoms with Crippen LogP contribution in [0, 0.1) is 29.6 Å². The van der Waals surface area contributed by atoms with Crippen molar-refractivity contribution < 1.29 is 4.79 Å². The summed E-state index contributed by atoms with van der Waals surface area (Å²) in [4.78, 5) is 12.3. The number of carbonyl (C=O) groups excluding carboxylic acids is 1. The van der Waals surface area contributed by atoms with Gasteiger partial charge in [0.05, 0.1) is 0 Å². The summed E-state index contributed by atoms with van der Waals surface area (Å²) in [6, 6.07) is 0. The highest BCUT2D eigenvalue weighted by Crippen LogP contribution is 2.56. The summed E-state index contributed by atoms with van der Waals surface area (Å²) < 4.78 is 0. The number of rotatable bonds is 4. The molecule has 0 heterocycles. The first-order valence-electron chi connectivity index (χ1n) is 7.30. The maximum absolute atomic E-state index is 12.3. The molecule has 0 aromatic carbocycles. The summed E-state index contributed by atoms with van der Waals surface area (Å²) in [5.41, 5.74) is 0. The topological polar surface area (TPSA) is 17.1 Å². The molecule has 0 N–H and O–H groups in total. The van der Waals surface area contributed by atoms with Crippen LogP contribution >= 0.6 is 0 Å². The molecule has 4 saturated carbocycles. The molecule has 4 rings (SSSR count). The normalized spacial score (nSPS) is 44.9. The lowest BCUT2D eigenvalue weighted by Crippen LogP contribution is -2.47. The zero-order chi connectivity index (χ0) is 11.1. The van der Waals surface area contributed by atoms with Crippen LogP contribution in [0.15, 0.2) is 0 Å². The number of Topliss-reactive ketones (excluding diaryl/α,β-unsaturated/α-hetero) is 1. The van der Waals surface area contributed by atoms with Gasteiger partial charge < -0.3 is 0 Å². The maximum atomic E-state index is 12.3. The van der Waals surface area contributed by atoms with E-state index in [0.29, 0.717) is 11.7 Å². The second-order valence-electron chi connectivity index (χ2n) is 6.53. The van der Waals surface area contributed by atoms with Gasteiger partial charge >= 0.3 is 0 Å². The van der Waals surface area contributed by atoms with Crippen LogP contribution in [0.2, 0.25) is 0 Å². The van der Waals surface area contributed by atoms with Crippen molar-refractivity contribution in [1.29, 1.82) is 0 Å². The van der Waals surface area contributed by atoms with Gasteiger partial charge in [-0.05, 0) is 62.2 Å². The fourth-order valence-electron chi connectivity index (χ4n) is 4.97. The largest absolute Gasteiger partial charge is 0.299 e. The molecule has 0 aliphatic heterocycles. The van der Waals surface area contributed by atoms with E-state index in [2.05, 4.69) is 6.92 Å². The van der Waals surface area contributed by atoms with Crippen molar-refractivity contribution in [2.45, 2.75) is 58.3 Å². The molecule has 0 atom stereocenters. The summed E-state index contributed by atoms with van der Waals surface area (Å²) in [5.74, 6) is 4.69. The smallest absolute Gasteiger partial charge is 0.136 e. The highest BCUT2D eigenvalue weighted by atomic mass is 16.1. The Morgan fingerprint density at radius 3 is 2.06 bits per heavy atom. The highest BCUT2D eigenvalue weighted by Gasteiger charge is 2.50. The first-order valence-corrected chi connectivity index (χ1v) is 7.30. The monoisotopic (exact) mass is 220 g/mol. The van der Waals surface area contributed by atoms with Crippen LogP contribution in [0.4, 0.5) is 0 Å². The van der Waals surface area contributed by atoms with E-state index in [9.17, 15) is 4.79 Å². The van der Waals surface area contributed by atoms with Crippen LogP contribution in [0.25, 0.3) is 0 Å². The molecule has 16 heavy (non-hydrogen) atoms. The lowest BCUT2D eigenvalue weighted by molar-refractivity contribution is -0.136. The molecule has 0 spiro atoms. The number of hydrogen-bond acceptors (Lipinski definition) is 1. The van der Waals surface area contributed by atoms with E-state index >= 15 is 0 Å². The van der Waals surface area contributed by atoms with Crippen molar-refractivity contribution in [2.24, 2.45) is 29.6 Å². The quantitative estimate of drug-likeness (QED) is 0.704. The van der Waals surface area contributed by atoms with E-state index in [-0.39, 0.29) is 0 Å². The third-order valence-electron chi connectivity index (χ3n) is 5.38. The van der Waals surface area contributed by atoms with Crippen molar-refractivity contribution in [2.75, 3.05) is 0 Å². The van der Waals surface area contributed by atoms with E-state index in [0.717, 1.165) is 36.5 Å². The number of carbonyl (C=O) groups is 1. The minimum atomic E-state index is 0.486. The zero-order valence-corrected chi connectivity index (χ0v) is 10.5. The van der Waals surface area contributed by atoms with Crippen LogP contribution in [0.5, 0.6) is 0 Å². The third kappa shape index (κ3) is 1.72. The Balaban J connectivity index is 1.69. The molecule has 4 aliphatic carbocycles. The molecule has 4 aliphatic rings. The molecule has 0 aromatic rings. The van der Waals surface area contributed by atoms with Gasteiger partial charge in [0.2, 0.25) is 0 Å². The minimum absolute atomic E-state index is 0.486. The van der Waals surface area contributed by atoms with Crippen LogP contribution in [0.3, 0.4) is 0 Å². The van der Waals surface area contributed by atoms with Gasteiger partial charge in [0, 0.05) is 12.3 Å². The summed E-state index contributed by atoms with van der Waals surface area (Å²) in [5, 5.41) is 0. The molecule has 0 unspecified atom stereocenters. The molecule has 0 radical (unpaired) electrons. The lowest BCUT2D eigenvalue weighted by Gasteiger charge is -2.53. The van der Waals surface area contributed by atoms with Crippen molar-refractivity contribution in [3.8, 4) is 0 Å². The first kappa shape index (κ1) is 10.8. The van der Waals surface area contributed by atoms with Gasteiger partial charge in [-0.1, -0.05) is 13.3 Å². The van der Waals surface area contributed by atoms with Crippen molar-refractivity contribution in [1.82, 2.24) is 0 Å². The van der Waals surface area contributed by atoms with E-state index < -0.39 is 0 Å². The second kappa shape index (κ2) is 4.16. The van der Waals surface area contributed by atoms with Crippen molar-refractivity contribution in [3.63, 3.8) is 0 Å². The molecule has 1 nitrogen and oxygen atoms in total. The first-order chi connectivity index (χ1) is 7.78. The van der Waals surface area contributed by atoms with E-state index in [1.165, 1.54) is 38.5 Å². The van der Waals surface area contributed by atoms with Gasteiger partial charge in [0.1, 0.15) is 5.78 Å². The molecular formula is C15H24O. The minimum Gasteiger partial charge on any atom is -0.299 e. The predicted octanol–water partition coefficient (Wildman–Crippen LogP) is 3.82. The van der Waals surface area contributed by atoms with Gasteiger partial charge in [-0.2, -0.15) is 0 Å². The highest BCUT2D eigenvalue weighted by molar-refractivity contribution is 5.81. The number of ketones is 1. The van der Waals surface area contributed by atoms with Gasteiger partial charge in [-0.25, -0.2) is 0 Å². The van der Waals surface area contributed by atoms with Gasteiger partial charge in [0.15, 0.2) is 0 Å². The maximum Gasteiger partial charge on any atom is 0.136 e. The molecule has 0 saturated heterocycles. The molecule has 4 fully saturated rings. The van der Waals surface area contributed by atoms with Crippen molar-refractivity contribution in [3.05, 3.63) is 0 Å². The molecule has 4 bridgehead atoms. The fraction of sp³-hybridized carbons (Fsp3) is 0.933. The fourth-order valence-corrected chi connectivity index (χ4v) is 4.97. The molecule has 0 aromatic heterocycles. The SMILES string of the molecule is CCCCC(=O)C1C2CC3CC(C2)CC1C3. The third-order valence-corrected chi connectivity index (χ3v) is 5.38. The average molecular weight is 220 g/mol. The lowest BCUT2D eigenvalue weighted by atomic mass is 9.51. The standard InChI is InChI=1S/C15H24O/c1-2-3-4-14(16)15-12-6-10-5-11(8-12)9-13(15)7-10/h10-13,15H,2-9H2,1H3. The Hall–Kier alpha value is -0.330. The van der Waals surface area contributed by atoms with Gasteiger partial charge in [-0.3, -0.25) is 4.79 Å².